The Labute approximate surface area is 221 Å². The zero-order valence-corrected chi connectivity index (χ0v) is 20.7. The molecule has 3 heterocycles. The first-order valence-corrected chi connectivity index (χ1v) is 11.8. The summed E-state index contributed by atoms with van der Waals surface area (Å²) in [6.07, 6.45) is 0.586. The van der Waals surface area contributed by atoms with Gasteiger partial charge in [-0.05, 0) is 37.3 Å². The zero-order chi connectivity index (χ0) is 27.4. The van der Waals surface area contributed by atoms with Gasteiger partial charge in [-0.2, -0.15) is 13.2 Å². The first kappa shape index (κ1) is 26.9. The van der Waals surface area contributed by atoms with Crippen molar-refractivity contribution >= 4 is 51.9 Å². The van der Waals surface area contributed by atoms with E-state index in [0.29, 0.717) is 22.8 Å². The molecule has 0 aliphatic heterocycles. The van der Waals surface area contributed by atoms with Crippen molar-refractivity contribution in [2.45, 2.75) is 19.1 Å². The third-order valence-electron chi connectivity index (χ3n) is 4.94. The van der Waals surface area contributed by atoms with E-state index in [1.807, 2.05) is 0 Å². The number of nitrogens with zero attached hydrogens (tertiary/aromatic N) is 4. The molecule has 9 nitrogen and oxygen atoms in total. The monoisotopic (exact) mass is 565 g/mol. The summed E-state index contributed by atoms with van der Waals surface area (Å²) < 4.78 is 52.3. The van der Waals surface area contributed by atoms with Crippen LogP contribution >= 0.6 is 22.9 Å². The number of nitrogens with one attached hydrogen (secondary N) is 3. The smallest absolute Gasteiger partial charge is 0.342 e. The molecule has 0 radical (unpaired) electrons. The second kappa shape index (κ2) is 11.1. The van der Waals surface area contributed by atoms with Gasteiger partial charge in [-0.3, -0.25) is 14.6 Å². The fourth-order valence-corrected chi connectivity index (χ4v) is 4.17. The van der Waals surface area contributed by atoms with E-state index in [4.69, 9.17) is 11.6 Å². The Bertz CT molecular complexity index is 1480. The molecule has 0 saturated carbocycles. The van der Waals surface area contributed by atoms with Crippen LogP contribution in [0.15, 0.2) is 55.2 Å². The molecule has 0 aliphatic carbocycles. The van der Waals surface area contributed by atoms with Crippen LogP contribution in [0.2, 0.25) is 5.02 Å². The summed E-state index contributed by atoms with van der Waals surface area (Å²) in [5, 5.41) is 8.23. The maximum Gasteiger partial charge on any atom is 0.419 e. The van der Waals surface area contributed by atoms with Gasteiger partial charge in [0.1, 0.15) is 27.1 Å². The molecule has 1 unspecified atom stereocenters. The molecule has 15 heteroatoms. The lowest BCUT2D eigenvalue weighted by Gasteiger charge is -2.13. The molecule has 0 fully saturated rings. The van der Waals surface area contributed by atoms with Gasteiger partial charge < -0.3 is 16.0 Å². The van der Waals surface area contributed by atoms with Gasteiger partial charge in [0.25, 0.3) is 11.8 Å². The molecular weight excluding hydrogens is 550 g/mol. The van der Waals surface area contributed by atoms with Gasteiger partial charge in [0.05, 0.1) is 17.8 Å². The number of carbonyl (C=O) groups is 2. The molecule has 0 spiro atoms. The molecule has 1 aromatic carbocycles. The highest BCUT2D eigenvalue weighted by atomic mass is 35.5. The van der Waals surface area contributed by atoms with Crippen molar-refractivity contribution in [1.82, 2.24) is 25.3 Å². The zero-order valence-electron chi connectivity index (χ0n) is 19.2. The minimum atomic E-state index is -4.92. The number of hydrogen-bond donors (Lipinski definition) is 3. The highest BCUT2D eigenvalue weighted by Crippen LogP contribution is 2.33. The van der Waals surface area contributed by atoms with Crippen LogP contribution in [0.5, 0.6) is 0 Å². The van der Waals surface area contributed by atoms with Crippen molar-refractivity contribution in [2.24, 2.45) is 0 Å². The van der Waals surface area contributed by atoms with Crippen molar-refractivity contribution in [3.63, 3.8) is 0 Å². The van der Waals surface area contributed by atoms with E-state index in [2.05, 4.69) is 35.9 Å². The summed E-state index contributed by atoms with van der Waals surface area (Å²) in [5.41, 5.74) is -1.20. The van der Waals surface area contributed by atoms with Gasteiger partial charge in [-0.1, -0.05) is 11.6 Å². The summed E-state index contributed by atoms with van der Waals surface area (Å²) in [7, 11) is 0. The summed E-state index contributed by atoms with van der Waals surface area (Å²) >= 11 is 7.24. The minimum Gasteiger partial charge on any atom is -0.342 e. The predicted octanol–water partition coefficient (Wildman–Crippen LogP) is 5.63. The van der Waals surface area contributed by atoms with E-state index in [9.17, 15) is 27.2 Å². The van der Waals surface area contributed by atoms with Gasteiger partial charge in [0.15, 0.2) is 11.5 Å². The average molecular weight is 566 g/mol. The van der Waals surface area contributed by atoms with Crippen molar-refractivity contribution in [2.75, 3.05) is 10.6 Å². The van der Waals surface area contributed by atoms with Crippen molar-refractivity contribution < 1.29 is 27.2 Å². The van der Waals surface area contributed by atoms with Gasteiger partial charge in [-0.25, -0.2) is 19.3 Å². The number of amides is 2. The fourth-order valence-electron chi connectivity index (χ4n) is 3.12. The topological polar surface area (TPSA) is 122 Å². The largest absolute Gasteiger partial charge is 0.419 e. The number of thiazole rings is 1. The third-order valence-corrected chi connectivity index (χ3v) is 6.48. The Morgan fingerprint density at radius 2 is 1.76 bits per heavy atom. The van der Waals surface area contributed by atoms with Crippen LogP contribution in [-0.4, -0.2) is 31.8 Å². The highest BCUT2D eigenvalue weighted by molar-refractivity contribution is 7.13. The molecule has 0 saturated heterocycles. The molecule has 0 aliphatic rings. The van der Waals surface area contributed by atoms with Crippen LogP contribution in [0.1, 0.15) is 43.7 Å². The molecule has 1 atom stereocenters. The van der Waals surface area contributed by atoms with Crippen LogP contribution in [0, 0.1) is 5.82 Å². The number of anilines is 3. The molecular formula is C23H16ClF4N7O2S. The summed E-state index contributed by atoms with van der Waals surface area (Å²) in [5.74, 6) is -2.63. The second-order valence-electron chi connectivity index (χ2n) is 7.65. The van der Waals surface area contributed by atoms with E-state index in [-0.39, 0.29) is 27.1 Å². The molecule has 196 valence electrons. The van der Waals surface area contributed by atoms with Gasteiger partial charge in [0, 0.05) is 23.8 Å². The molecule has 3 N–H and O–H groups in total. The van der Waals surface area contributed by atoms with E-state index in [0.717, 1.165) is 17.4 Å². The number of aromatic nitrogens is 4. The van der Waals surface area contributed by atoms with E-state index in [1.54, 1.807) is 31.5 Å². The first-order chi connectivity index (χ1) is 18.0. The molecule has 0 bridgehead atoms. The van der Waals surface area contributed by atoms with E-state index < -0.39 is 35.4 Å². The lowest BCUT2D eigenvalue weighted by molar-refractivity contribution is -0.139. The second-order valence-corrected chi connectivity index (χ2v) is 9.09. The number of carbonyl (C=O) groups excluding carboxylic acids is 2. The Morgan fingerprint density at radius 3 is 2.47 bits per heavy atom. The Morgan fingerprint density at radius 1 is 1.03 bits per heavy atom. The fraction of sp³-hybridized carbons (Fsp3) is 0.130. The summed E-state index contributed by atoms with van der Waals surface area (Å²) in [6, 6.07) is 4.81. The minimum absolute atomic E-state index is 0.0225. The Hall–Kier alpha value is -4.17. The van der Waals surface area contributed by atoms with E-state index in [1.165, 1.54) is 12.5 Å². The van der Waals surface area contributed by atoms with Crippen molar-refractivity contribution in [3.8, 4) is 0 Å². The summed E-state index contributed by atoms with van der Waals surface area (Å²) in [6.45, 7) is 1.61. The van der Waals surface area contributed by atoms with Crippen molar-refractivity contribution in [3.05, 3.63) is 87.2 Å². The predicted molar refractivity (Wildman–Crippen MR) is 132 cm³/mol. The Balaban J connectivity index is 1.43. The van der Waals surface area contributed by atoms with Gasteiger partial charge in [0.2, 0.25) is 0 Å². The number of rotatable bonds is 7. The Kier molecular flexibility index (Phi) is 7.83. The van der Waals surface area contributed by atoms with Crippen LogP contribution in [-0.2, 0) is 6.18 Å². The lowest BCUT2D eigenvalue weighted by Crippen LogP contribution is -2.28. The molecule has 4 aromatic rings. The first-order valence-electron chi connectivity index (χ1n) is 10.6. The van der Waals surface area contributed by atoms with Crippen molar-refractivity contribution in [1.29, 1.82) is 0 Å². The quantitative estimate of drug-likeness (QED) is 0.248. The van der Waals surface area contributed by atoms with Crippen LogP contribution in [0.3, 0.4) is 0 Å². The van der Waals surface area contributed by atoms with E-state index >= 15 is 0 Å². The standard InChI is InChI=1S/C23H16ClF4N7O2S/c1-11(33-21(37)18-17(24)19(32-10-31-18)34-12-4-6-29-7-5-12)22-30-9-16(38-22)20(36)35-13-2-3-15(25)14(8-13)23(26,27)28/h2-11H,1H3,(H,33,37)(H,35,36)(H,29,31,32,34). The SMILES string of the molecule is CC(NC(=O)c1ncnc(Nc2ccncc2)c1Cl)c1ncc(C(=O)Nc2ccc(F)c(C(F)(F)F)c2)s1. The maximum atomic E-state index is 13.5. The molecule has 3 aromatic heterocycles. The number of halogens is 5. The number of pyridine rings is 1. The summed E-state index contributed by atoms with van der Waals surface area (Å²) in [4.78, 5) is 41.4. The highest BCUT2D eigenvalue weighted by Gasteiger charge is 2.34. The lowest BCUT2D eigenvalue weighted by atomic mass is 10.2. The third kappa shape index (κ3) is 6.20. The maximum absolute atomic E-state index is 13.5. The molecule has 4 rings (SSSR count). The number of alkyl halides is 3. The molecule has 38 heavy (non-hydrogen) atoms. The number of hydrogen-bond acceptors (Lipinski definition) is 8. The molecule has 2 amide bonds. The van der Waals surface area contributed by atoms with Gasteiger partial charge in [-0.15, -0.1) is 11.3 Å². The van der Waals surface area contributed by atoms with Crippen LogP contribution < -0.4 is 16.0 Å². The van der Waals surface area contributed by atoms with Gasteiger partial charge >= 0.3 is 6.18 Å². The van der Waals surface area contributed by atoms with Crippen LogP contribution in [0.4, 0.5) is 34.8 Å². The number of benzene rings is 1. The normalized spacial score (nSPS) is 12.1. The van der Waals surface area contributed by atoms with Crippen LogP contribution in [0.25, 0.3) is 0 Å². The average Bonchev–Trinajstić information content (AvgIpc) is 3.37.